The summed E-state index contributed by atoms with van der Waals surface area (Å²) in [7, 11) is 1.47. The van der Waals surface area contributed by atoms with Crippen LogP contribution in [0.3, 0.4) is 0 Å². The van der Waals surface area contributed by atoms with Gasteiger partial charge in [-0.1, -0.05) is 30.3 Å². The molecule has 2 aromatic carbocycles. The number of hydrogen-bond acceptors (Lipinski definition) is 5. The third kappa shape index (κ3) is 3.70. The first-order valence-electron chi connectivity index (χ1n) is 9.02. The molecule has 29 heavy (non-hydrogen) atoms. The van der Waals surface area contributed by atoms with E-state index in [1.165, 1.54) is 7.05 Å². The van der Waals surface area contributed by atoms with Crippen molar-refractivity contribution in [2.45, 2.75) is 12.8 Å². The molecule has 9 nitrogen and oxygen atoms in total. The van der Waals surface area contributed by atoms with Crippen molar-refractivity contribution in [1.82, 2.24) is 30.6 Å². The summed E-state index contributed by atoms with van der Waals surface area (Å²) in [4.78, 5) is 44.3. The predicted molar refractivity (Wildman–Crippen MR) is 107 cm³/mol. The fourth-order valence-electron chi connectivity index (χ4n) is 3.07. The molecule has 9 heteroatoms. The Kier molecular flexibility index (Phi) is 4.78. The van der Waals surface area contributed by atoms with Crippen molar-refractivity contribution in [3.05, 3.63) is 70.4 Å². The molecule has 0 bridgehead atoms. The van der Waals surface area contributed by atoms with Gasteiger partial charge in [-0.3, -0.25) is 25.2 Å². The number of aryl methyl sites for hydroxylation is 2. The van der Waals surface area contributed by atoms with Gasteiger partial charge in [-0.15, -0.1) is 0 Å². The molecule has 4 aromatic rings. The molecule has 0 aliphatic rings. The molecule has 146 valence electrons. The molecule has 0 saturated carbocycles. The number of benzene rings is 2. The van der Waals surface area contributed by atoms with Crippen molar-refractivity contribution in [3.63, 3.8) is 0 Å². The Balaban J connectivity index is 1.40. The van der Waals surface area contributed by atoms with E-state index in [2.05, 4.69) is 25.9 Å². The summed E-state index contributed by atoms with van der Waals surface area (Å²) in [6, 6.07) is 14.3. The van der Waals surface area contributed by atoms with E-state index in [4.69, 9.17) is 0 Å². The number of amides is 2. The number of fused-ring (bicyclic) bond motifs is 2. The number of nitrogens with one attached hydrogen (secondary N) is 3. The highest BCUT2D eigenvalue weighted by atomic mass is 16.2. The molecular weight excluding hydrogens is 372 g/mol. The van der Waals surface area contributed by atoms with Crippen LogP contribution in [0, 0.1) is 0 Å². The Hall–Kier alpha value is -4.01. The quantitative estimate of drug-likeness (QED) is 0.452. The van der Waals surface area contributed by atoms with Crippen LogP contribution in [0.2, 0.25) is 0 Å². The molecule has 0 aliphatic heterocycles. The number of carbonyl (C=O) groups excluding carboxylic acids is 2. The number of rotatable bonds is 4. The van der Waals surface area contributed by atoms with Gasteiger partial charge in [0.2, 0.25) is 5.91 Å². The average Bonchev–Trinajstić information content (AvgIpc) is 3.16. The zero-order valence-electron chi connectivity index (χ0n) is 15.6. The lowest BCUT2D eigenvalue weighted by molar-refractivity contribution is -0.121. The van der Waals surface area contributed by atoms with Crippen molar-refractivity contribution in [1.29, 1.82) is 0 Å². The molecule has 0 spiro atoms. The predicted octanol–water partition coefficient (Wildman–Crippen LogP) is 1.20. The van der Waals surface area contributed by atoms with E-state index in [0.29, 0.717) is 23.0 Å². The first-order chi connectivity index (χ1) is 14.0. The zero-order chi connectivity index (χ0) is 20.4. The Bertz CT molecular complexity index is 1260. The SMILES string of the molecule is Cn1nc(C(=O)NNC(=O)CCc2nc3ccccc3[nH]2)c2ccccc2c1=O. The van der Waals surface area contributed by atoms with Gasteiger partial charge in [-0.2, -0.15) is 5.10 Å². The number of H-pyrrole nitrogens is 1. The molecule has 0 aliphatic carbocycles. The minimum absolute atomic E-state index is 0.0558. The lowest BCUT2D eigenvalue weighted by Crippen LogP contribution is -2.42. The van der Waals surface area contributed by atoms with Crippen LogP contribution >= 0.6 is 0 Å². The molecule has 2 heterocycles. The molecule has 2 amide bonds. The third-order valence-electron chi connectivity index (χ3n) is 4.51. The van der Waals surface area contributed by atoms with E-state index in [9.17, 15) is 14.4 Å². The van der Waals surface area contributed by atoms with E-state index in [1.54, 1.807) is 24.3 Å². The number of hydrazine groups is 1. The standard InChI is InChI=1S/C20H18N6O3/c1-26-20(29)13-7-3-2-6-12(13)18(25-26)19(28)24-23-17(27)11-10-16-21-14-8-4-5-9-15(14)22-16/h2-9H,10-11H2,1H3,(H,21,22)(H,23,27)(H,24,28). The molecule has 0 unspecified atom stereocenters. The van der Waals surface area contributed by atoms with Gasteiger partial charge in [0.15, 0.2) is 5.69 Å². The third-order valence-corrected chi connectivity index (χ3v) is 4.51. The number of nitrogens with zero attached hydrogens (tertiary/aromatic N) is 3. The second kappa shape index (κ2) is 7.55. The zero-order valence-corrected chi connectivity index (χ0v) is 15.6. The second-order valence-electron chi connectivity index (χ2n) is 6.53. The fourth-order valence-corrected chi connectivity index (χ4v) is 3.07. The topological polar surface area (TPSA) is 122 Å². The number of carbonyl (C=O) groups is 2. The van der Waals surface area contributed by atoms with Crippen LogP contribution in [0.15, 0.2) is 53.3 Å². The van der Waals surface area contributed by atoms with E-state index in [1.807, 2.05) is 24.3 Å². The second-order valence-corrected chi connectivity index (χ2v) is 6.53. The van der Waals surface area contributed by atoms with Crippen LogP contribution in [-0.4, -0.2) is 31.6 Å². The highest BCUT2D eigenvalue weighted by Gasteiger charge is 2.16. The van der Waals surface area contributed by atoms with Crippen molar-refractivity contribution in [3.8, 4) is 0 Å². The summed E-state index contributed by atoms with van der Waals surface area (Å²) in [6.45, 7) is 0. The van der Waals surface area contributed by atoms with E-state index in [-0.39, 0.29) is 23.6 Å². The molecule has 0 atom stereocenters. The van der Waals surface area contributed by atoms with E-state index < -0.39 is 5.91 Å². The van der Waals surface area contributed by atoms with Crippen LogP contribution in [-0.2, 0) is 18.3 Å². The summed E-state index contributed by atoms with van der Waals surface area (Å²) in [6.07, 6.45) is 0.541. The minimum atomic E-state index is -0.603. The van der Waals surface area contributed by atoms with Gasteiger partial charge in [0, 0.05) is 25.3 Å². The molecular formula is C20H18N6O3. The summed E-state index contributed by atoms with van der Waals surface area (Å²) in [5.74, 6) is -0.278. The normalized spacial score (nSPS) is 10.9. The van der Waals surface area contributed by atoms with Gasteiger partial charge < -0.3 is 4.98 Å². The van der Waals surface area contributed by atoms with Gasteiger partial charge >= 0.3 is 0 Å². The summed E-state index contributed by atoms with van der Waals surface area (Å²) < 4.78 is 1.10. The van der Waals surface area contributed by atoms with E-state index >= 15 is 0 Å². The van der Waals surface area contributed by atoms with Gasteiger partial charge in [0.25, 0.3) is 11.5 Å². The lowest BCUT2D eigenvalue weighted by atomic mass is 10.1. The monoisotopic (exact) mass is 390 g/mol. The molecule has 0 radical (unpaired) electrons. The van der Waals surface area contributed by atoms with Crippen molar-refractivity contribution in [2.75, 3.05) is 0 Å². The van der Waals surface area contributed by atoms with Crippen molar-refractivity contribution >= 4 is 33.6 Å². The maximum atomic E-state index is 12.5. The lowest BCUT2D eigenvalue weighted by Gasteiger charge is -2.09. The average molecular weight is 390 g/mol. The van der Waals surface area contributed by atoms with Crippen LogP contribution in [0.1, 0.15) is 22.7 Å². The Labute approximate surface area is 164 Å². The van der Waals surface area contributed by atoms with Crippen LogP contribution < -0.4 is 16.4 Å². The number of para-hydroxylation sites is 2. The van der Waals surface area contributed by atoms with Gasteiger partial charge in [0.1, 0.15) is 5.82 Å². The first kappa shape index (κ1) is 18.4. The molecule has 3 N–H and O–H groups in total. The Morgan fingerprint density at radius 2 is 1.76 bits per heavy atom. The highest BCUT2D eigenvalue weighted by Crippen LogP contribution is 2.13. The van der Waals surface area contributed by atoms with Gasteiger partial charge in [-0.05, 0) is 18.2 Å². The highest BCUT2D eigenvalue weighted by molar-refractivity contribution is 6.05. The summed E-state index contributed by atoms with van der Waals surface area (Å²) in [5, 5.41) is 4.82. The number of aromatic amines is 1. The van der Waals surface area contributed by atoms with E-state index in [0.717, 1.165) is 15.7 Å². The maximum Gasteiger partial charge on any atom is 0.290 e. The largest absolute Gasteiger partial charge is 0.342 e. The fraction of sp³-hybridized carbons (Fsp3) is 0.150. The van der Waals surface area contributed by atoms with Crippen LogP contribution in [0.5, 0.6) is 0 Å². The van der Waals surface area contributed by atoms with Crippen LogP contribution in [0.25, 0.3) is 21.8 Å². The number of imidazole rings is 1. The summed E-state index contributed by atoms with van der Waals surface area (Å²) in [5.41, 5.74) is 6.23. The number of aromatic nitrogens is 4. The van der Waals surface area contributed by atoms with Crippen LogP contribution in [0.4, 0.5) is 0 Å². The summed E-state index contributed by atoms with van der Waals surface area (Å²) >= 11 is 0. The smallest absolute Gasteiger partial charge is 0.290 e. The minimum Gasteiger partial charge on any atom is -0.342 e. The maximum absolute atomic E-state index is 12.5. The number of hydrogen-bond donors (Lipinski definition) is 3. The Morgan fingerprint density at radius 3 is 2.55 bits per heavy atom. The van der Waals surface area contributed by atoms with Crippen molar-refractivity contribution in [2.24, 2.45) is 7.05 Å². The van der Waals surface area contributed by atoms with Gasteiger partial charge in [-0.25, -0.2) is 9.67 Å². The molecule has 4 rings (SSSR count). The molecule has 0 fully saturated rings. The Morgan fingerprint density at radius 1 is 1.03 bits per heavy atom. The molecule has 2 aromatic heterocycles. The first-order valence-corrected chi connectivity index (χ1v) is 9.02. The molecule has 0 saturated heterocycles. The van der Waals surface area contributed by atoms with Crippen molar-refractivity contribution < 1.29 is 9.59 Å². The van der Waals surface area contributed by atoms with Gasteiger partial charge in [0.05, 0.1) is 16.4 Å².